The number of alkyl carbamates (subject to hydrolysis) is 1. The normalized spacial score (nSPS) is 13.1. The van der Waals surface area contributed by atoms with Crippen LogP contribution in [0.4, 0.5) is 4.79 Å². The predicted octanol–water partition coefficient (Wildman–Crippen LogP) is 3.80. The lowest BCUT2D eigenvalue weighted by Crippen LogP contribution is -2.53. The van der Waals surface area contributed by atoms with Crippen LogP contribution in [0, 0.1) is 0 Å². The molecule has 24 heavy (non-hydrogen) atoms. The van der Waals surface area contributed by atoms with Crippen LogP contribution in [-0.2, 0) is 16.0 Å². The molecule has 0 aliphatic rings. The molecule has 1 rings (SSSR count). The Morgan fingerprint density at radius 3 is 2.17 bits per heavy atom. The topological polar surface area (TPSA) is 67.4 Å². The minimum Gasteiger partial charge on any atom is -0.444 e. The van der Waals surface area contributed by atoms with Crippen LogP contribution in [0.15, 0.2) is 28.7 Å². The molecule has 1 aromatic carbocycles. The van der Waals surface area contributed by atoms with E-state index in [9.17, 15) is 9.59 Å². The first-order valence-electron chi connectivity index (χ1n) is 7.94. The first-order valence-corrected chi connectivity index (χ1v) is 8.73. The van der Waals surface area contributed by atoms with Crippen molar-refractivity contribution in [2.24, 2.45) is 0 Å². The number of carbonyl (C=O) groups is 2. The molecule has 0 spiro atoms. The number of rotatable bonds is 5. The molecule has 0 bridgehead atoms. The van der Waals surface area contributed by atoms with Crippen LogP contribution >= 0.6 is 15.9 Å². The van der Waals surface area contributed by atoms with Gasteiger partial charge in [0, 0.05) is 10.0 Å². The zero-order chi connectivity index (χ0) is 18.5. The van der Waals surface area contributed by atoms with E-state index in [0.29, 0.717) is 6.42 Å². The summed E-state index contributed by atoms with van der Waals surface area (Å²) in [5.41, 5.74) is 0.0897. The van der Waals surface area contributed by atoms with Crippen LogP contribution < -0.4 is 10.6 Å². The molecule has 0 aliphatic carbocycles. The average Bonchev–Trinajstić information content (AvgIpc) is 2.38. The van der Waals surface area contributed by atoms with Gasteiger partial charge < -0.3 is 15.4 Å². The van der Waals surface area contributed by atoms with Gasteiger partial charge in [-0.25, -0.2) is 4.79 Å². The molecule has 0 fully saturated rings. The van der Waals surface area contributed by atoms with Gasteiger partial charge >= 0.3 is 6.09 Å². The second-order valence-electron chi connectivity index (χ2n) is 7.54. The summed E-state index contributed by atoms with van der Waals surface area (Å²) >= 11 is 3.41. The number of nitrogens with one attached hydrogen (secondary N) is 2. The van der Waals surface area contributed by atoms with Gasteiger partial charge in [-0.1, -0.05) is 28.1 Å². The molecule has 2 N–H and O–H groups in total. The number of ether oxygens (including phenoxy) is 1. The van der Waals surface area contributed by atoms with Crippen molar-refractivity contribution in [3.63, 3.8) is 0 Å². The molecule has 2 amide bonds. The third-order valence-corrected chi connectivity index (χ3v) is 3.68. The molecule has 0 saturated carbocycles. The molecule has 0 heterocycles. The van der Waals surface area contributed by atoms with Crippen molar-refractivity contribution in [2.45, 2.75) is 65.1 Å². The van der Waals surface area contributed by atoms with Crippen molar-refractivity contribution < 1.29 is 14.3 Å². The fourth-order valence-corrected chi connectivity index (χ4v) is 2.41. The Kier molecular flexibility index (Phi) is 6.84. The Labute approximate surface area is 152 Å². The summed E-state index contributed by atoms with van der Waals surface area (Å²) in [6, 6.07) is 7.30. The molecular weight excluding hydrogens is 372 g/mol. The Balaban J connectivity index is 2.57. The first-order chi connectivity index (χ1) is 10.9. The van der Waals surface area contributed by atoms with Crippen LogP contribution in [0.2, 0.25) is 0 Å². The number of carbonyl (C=O) groups excluding carboxylic acids is 2. The second kappa shape index (κ2) is 8.01. The van der Waals surface area contributed by atoms with Gasteiger partial charge in [0.2, 0.25) is 5.91 Å². The van der Waals surface area contributed by atoms with Crippen LogP contribution in [0.3, 0.4) is 0 Å². The number of amides is 2. The van der Waals surface area contributed by atoms with Crippen LogP contribution in [0.1, 0.15) is 47.1 Å². The molecule has 134 valence electrons. The minimum absolute atomic E-state index is 0.247. The quantitative estimate of drug-likeness (QED) is 0.792. The van der Waals surface area contributed by atoms with Crippen molar-refractivity contribution in [2.75, 3.05) is 0 Å². The maximum absolute atomic E-state index is 12.3. The summed E-state index contributed by atoms with van der Waals surface area (Å²) in [4.78, 5) is 24.1. The molecule has 0 aliphatic heterocycles. The van der Waals surface area contributed by atoms with E-state index >= 15 is 0 Å². The predicted molar refractivity (Wildman–Crippen MR) is 98.9 cm³/mol. The zero-order valence-electron chi connectivity index (χ0n) is 15.2. The summed E-state index contributed by atoms with van der Waals surface area (Å²) in [5, 5.41) is 5.52. The highest BCUT2D eigenvalue weighted by Crippen LogP contribution is 2.16. The van der Waals surface area contributed by atoms with E-state index in [1.165, 1.54) is 0 Å². The molecule has 0 aromatic heterocycles. The number of hydrogen-bond acceptors (Lipinski definition) is 3. The lowest BCUT2D eigenvalue weighted by molar-refractivity contribution is -0.124. The van der Waals surface area contributed by atoms with Gasteiger partial charge in [-0.3, -0.25) is 4.79 Å². The highest BCUT2D eigenvalue weighted by Gasteiger charge is 2.26. The van der Waals surface area contributed by atoms with Crippen molar-refractivity contribution >= 4 is 27.9 Å². The average molecular weight is 399 g/mol. The zero-order valence-corrected chi connectivity index (χ0v) is 16.8. The van der Waals surface area contributed by atoms with Crippen LogP contribution in [0.5, 0.6) is 0 Å². The highest BCUT2D eigenvalue weighted by molar-refractivity contribution is 9.10. The lowest BCUT2D eigenvalue weighted by atomic mass is 9.94. The molecule has 6 heteroatoms. The molecule has 0 radical (unpaired) electrons. The second-order valence-corrected chi connectivity index (χ2v) is 8.46. The van der Waals surface area contributed by atoms with Gasteiger partial charge in [0.1, 0.15) is 11.6 Å². The molecular formula is C18H27BrN2O3. The molecule has 1 atom stereocenters. The maximum Gasteiger partial charge on any atom is 0.408 e. The van der Waals surface area contributed by atoms with Crippen molar-refractivity contribution in [3.8, 4) is 0 Å². The number of halogens is 1. The molecule has 5 nitrogen and oxygen atoms in total. The summed E-state index contributed by atoms with van der Waals surface area (Å²) in [5.74, 6) is -0.247. The highest BCUT2D eigenvalue weighted by atomic mass is 79.9. The van der Waals surface area contributed by atoms with Gasteiger partial charge in [0.25, 0.3) is 0 Å². The SMILES string of the molecule is C[C@H](NC(=O)OC(C)(C)C)C(=O)NC(C)(C)Cc1ccc(Br)cc1. The monoisotopic (exact) mass is 398 g/mol. The lowest BCUT2D eigenvalue weighted by Gasteiger charge is -2.29. The van der Waals surface area contributed by atoms with Gasteiger partial charge in [-0.2, -0.15) is 0 Å². The van der Waals surface area contributed by atoms with Gasteiger partial charge in [-0.15, -0.1) is 0 Å². The third-order valence-electron chi connectivity index (χ3n) is 3.15. The Bertz CT molecular complexity index is 577. The number of hydrogen-bond donors (Lipinski definition) is 2. The van der Waals surface area contributed by atoms with Crippen molar-refractivity contribution in [1.82, 2.24) is 10.6 Å². The maximum atomic E-state index is 12.3. The fraction of sp³-hybridized carbons (Fsp3) is 0.556. The van der Waals surface area contributed by atoms with Crippen molar-refractivity contribution in [1.29, 1.82) is 0 Å². The van der Waals surface area contributed by atoms with Gasteiger partial charge in [-0.05, 0) is 65.7 Å². The van der Waals surface area contributed by atoms with E-state index < -0.39 is 23.3 Å². The van der Waals surface area contributed by atoms with Gasteiger partial charge in [0.15, 0.2) is 0 Å². The van der Waals surface area contributed by atoms with Crippen molar-refractivity contribution in [3.05, 3.63) is 34.3 Å². The van der Waals surface area contributed by atoms with Gasteiger partial charge in [0.05, 0.1) is 0 Å². The van der Waals surface area contributed by atoms with E-state index in [-0.39, 0.29) is 5.91 Å². The minimum atomic E-state index is -0.677. The van der Waals surface area contributed by atoms with Crippen LogP contribution in [-0.4, -0.2) is 29.2 Å². The van der Waals surface area contributed by atoms with E-state index in [0.717, 1.165) is 10.0 Å². The molecule has 1 aromatic rings. The summed E-state index contributed by atoms with van der Waals surface area (Å²) in [6.45, 7) is 10.9. The Hall–Kier alpha value is -1.56. The summed E-state index contributed by atoms with van der Waals surface area (Å²) in [6.07, 6.45) is 0.0846. The van der Waals surface area contributed by atoms with E-state index in [1.807, 2.05) is 38.1 Å². The van der Waals surface area contributed by atoms with E-state index in [4.69, 9.17) is 4.74 Å². The molecule has 0 unspecified atom stereocenters. The summed E-state index contributed by atoms with van der Waals surface area (Å²) < 4.78 is 6.18. The summed E-state index contributed by atoms with van der Waals surface area (Å²) in [7, 11) is 0. The standard InChI is InChI=1S/C18H27BrN2O3/c1-12(20-16(23)24-17(2,3)4)15(22)21-18(5,6)11-13-7-9-14(19)10-8-13/h7-10,12H,11H2,1-6H3,(H,20,23)(H,21,22)/t12-/m0/s1. The van der Waals surface area contributed by atoms with Crippen LogP contribution in [0.25, 0.3) is 0 Å². The first kappa shape index (κ1) is 20.5. The third kappa shape index (κ3) is 7.81. The Morgan fingerprint density at radius 2 is 1.67 bits per heavy atom. The van der Waals surface area contributed by atoms with E-state index in [2.05, 4.69) is 26.6 Å². The smallest absolute Gasteiger partial charge is 0.408 e. The Morgan fingerprint density at radius 1 is 1.12 bits per heavy atom. The fourth-order valence-electron chi connectivity index (χ4n) is 2.15. The molecule has 0 saturated heterocycles. The van der Waals surface area contributed by atoms with E-state index in [1.54, 1.807) is 27.7 Å². The number of benzene rings is 1. The largest absolute Gasteiger partial charge is 0.444 e.